The number of aromatic carboxylic acids is 1. The number of benzene rings is 2. The number of hydrogen-bond acceptors (Lipinski definition) is 3. The number of carboxylic acids is 1. The van der Waals surface area contributed by atoms with E-state index in [1.807, 2.05) is 72.9 Å². The average molecular weight is 572 g/mol. The van der Waals surface area contributed by atoms with Gasteiger partial charge in [-0.1, -0.05) is 77.9 Å². The van der Waals surface area contributed by atoms with Crippen molar-refractivity contribution >= 4 is 11.5 Å². The standard InChI is InChI=1S/C19H14N.C6H5NO2.Ir/c1-3-9-16(10-4-1)15-18(17-11-5-2-6-12-17)19-13-7-8-14-20-19;8-6(9)5-3-1-2-4-7-5;/h1-14H;1-4H,(H,8,9);/q-1;;. The minimum Gasteiger partial charge on any atom is -0.477 e. The Kier molecular flexibility index (Phi) is 9.32. The summed E-state index contributed by atoms with van der Waals surface area (Å²) >= 11 is 0. The Labute approximate surface area is 189 Å². The number of carboxylic acid groups (broad SMARTS) is 1. The van der Waals surface area contributed by atoms with Crippen LogP contribution in [-0.4, -0.2) is 21.0 Å². The van der Waals surface area contributed by atoms with Gasteiger partial charge in [-0.25, -0.2) is 9.78 Å². The van der Waals surface area contributed by atoms with Crippen LogP contribution in [-0.2, 0) is 20.1 Å². The zero-order valence-electron chi connectivity index (χ0n) is 16.0. The number of nitrogens with zero attached hydrogens (tertiary/aromatic N) is 2. The van der Waals surface area contributed by atoms with Crippen LogP contribution in [0.1, 0.15) is 27.3 Å². The summed E-state index contributed by atoms with van der Waals surface area (Å²) in [7, 11) is 0. The predicted octanol–water partition coefficient (Wildman–Crippen LogP) is 5.14. The molecule has 0 aliphatic carbocycles. The molecular weight excluding hydrogens is 553 g/mol. The van der Waals surface area contributed by atoms with Crippen molar-refractivity contribution in [1.29, 1.82) is 0 Å². The van der Waals surface area contributed by atoms with E-state index in [2.05, 4.69) is 28.2 Å². The van der Waals surface area contributed by atoms with Gasteiger partial charge in [0.25, 0.3) is 0 Å². The molecule has 0 amide bonds. The minimum atomic E-state index is -0.990. The molecule has 151 valence electrons. The van der Waals surface area contributed by atoms with Gasteiger partial charge in [0, 0.05) is 38.2 Å². The maximum atomic E-state index is 10.1. The van der Waals surface area contributed by atoms with Crippen molar-refractivity contribution in [2.24, 2.45) is 0 Å². The van der Waals surface area contributed by atoms with Crippen LogP contribution >= 0.6 is 0 Å². The third-order valence-corrected chi connectivity index (χ3v) is 3.91. The predicted molar refractivity (Wildman–Crippen MR) is 113 cm³/mol. The van der Waals surface area contributed by atoms with Crippen LogP contribution in [0.3, 0.4) is 0 Å². The molecule has 2 heterocycles. The van der Waals surface area contributed by atoms with Gasteiger partial charge in [0.2, 0.25) is 0 Å². The fourth-order valence-corrected chi connectivity index (χ4v) is 2.55. The Balaban J connectivity index is 0.000000272. The van der Waals surface area contributed by atoms with E-state index in [0.29, 0.717) is 0 Å². The SMILES string of the molecule is O=C(O)c1ccccn1.[C-](=C(c1ccccc1)c1ccccn1)c1ccccc1.[Ir]. The molecule has 4 aromatic rings. The zero-order chi connectivity index (χ0) is 20.3. The Bertz CT molecular complexity index is 1010. The van der Waals surface area contributed by atoms with Crippen LogP contribution in [0.15, 0.2) is 109 Å². The number of carbonyl (C=O) groups is 1. The van der Waals surface area contributed by atoms with E-state index < -0.39 is 5.97 Å². The van der Waals surface area contributed by atoms with E-state index in [1.165, 1.54) is 12.3 Å². The Morgan fingerprint density at radius 1 is 0.667 bits per heavy atom. The van der Waals surface area contributed by atoms with Gasteiger partial charge in [-0.05, 0) is 18.2 Å². The molecule has 30 heavy (non-hydrogen) atoms. The van der Waals surface area contributed by atoms with Gasteiger partial charge in [0.05, 0.1) is 0 Å². The van der Waals surface area contributed by atoms with Crippen molar-refractivity contribution in [2.75, 3.05) is 0 Å². The first kappa shape index (κ1) is 22.9. The first-order chi connectivity index (χ1) is 14.2. The molecular formula is C25H19IrN2O2-. The number of rotatable bonds is 4. The molecule has 0 fully saturated rings. The third-order valence-electron chi connectivity index (χ3n) is 3.91. The molecule has 0 aliphatic heterocycles. The molecule has 1 N–H and O–H groups in total. The van der Waals surface area contributed by atoms with Crippen LogP contribution < -0.4 is 0 Å². The van der Waals surface area contributed by atoms with Crippen LogP contribution in [0.4, 0.5) is 0 Å². The number of pyridine rings is 2. The van der Waals surface area contributed by atoms with Gasteiger partial charge in [-0.15, -0.1) is 23.8 Å². The Morgan fingerprint density at radius 2 is 1.17 bits per heavy atom. The molecule has 0 atom stereocenters. The topological polar surface area (TPSA) is 63.1 Å². The largest absolute Gasteiger partial charge is 0.477 e. The molecule has 0 bridgehead atoms. The van der Waals surface area contributed by atoms with Gasteiger partial charge in [0.15, 0.2) is 0 Å². The summed E-state index contributed by atoms with van der Waals surface area (Å²) in [6.45, 7) is 0. The second-order valence-corrected chi connectivity index (χ2v) is 5.97. The van der Waals surface area contributed by atoms with Crippen LogP contribution in [0, 0.1) is 6.08 Å². The van der Waals surface area contributed by atoms with E-state index in [9.17, 15) is 4.79 Å². The summed E-state index contributed by atoms with van der Waals surface area (Å²) < 4.78 is 0. The van der Waals surface area contributed by atoms with Crippen molar-refractivity contribution in [3.05, 3.63) is 138 Å². The molecule has 5 heteroatoms. The summed E-state index contributed by atoms with van der Waals surface area (Å²) in [5.74, 6) is -0.990. The second kappa shape index (κ2) is 12.2. The Morgan fingerprint density at radius 3 is 1.63 bits per heavy atom. The molecule has 1 radical (unpaired) electrons. The quantitative estimate of drug-likeness (QED) is 0.272. The first-order valence-electron chi connectivity index (χ1n) is 9.04. The minimum absolute atomic E-state index is 0. The number of aromatic nitrogens is 2. The van der Waals surface area contributed by atoms with Crippen molar-refractivity contribution in [1.82, 2.24) is 9.97 Å². The molecule has 0 aliphatic rings. The molecule has 0 saturated carbocycles. The summed E-state index contributed by atoms with van der Waals surface area (Å²) in [5, 5.41) is 8.32. The average Bonchev–Trinajstić information content (AvgIpc) is 2.80. The molecule has 2 aromatic heterocycles. The summed E-state index contributed by atoms with van der Waals surface area (Å²) in [5.41, 5.74) is 4.20. The molecule has 0 unspecified atom stereocenters. The zero-order valence-corrected chi connectivity index (χ0v) is 18.4. The van der Waals surface area contributed by atoms with Crippen molar-refractivity contribution < 1.29 is 30.0 Å². The fourth-order valence-electron chi connectivity index (χ4n) is 2.55. The van der Waals surface area contributed by atoms with E-state index in [0.717, 1.165) is 22.4 Å². The first-order valence-corrected chi connectivity index (χ1v) is 9.04. The fraction of sp³-hybridized carbons (Fsp3) is 0. The summed E-state index contributed by atoms with van der Waals surface area (Å²) in [6.07, 6.45) is 6.72. The maximum Gasteiger partial charge on any atom is 0.354 e. The van der Waals surface area contributed by atoms with E-state index in [4.69, 9.17) is 5.11 Å². The van der Waals surface area contributed by atoms with E-state index in [1.54, 1.807) is 12.1 Å². The van der Waals surface area contributed by atoms with Gasteiger partial charge in [-0.2, -0.15) is 0 Å². The van der Waals surface area contributed by atoms with Gasteiger partial charge < -0.3 is 5.11 Å². The normalized spacial score (nSPS) is 10.2. The van der Waals surface area contributed by atoms with Gasteiger partial charge in [-0.3, -0.25) is 4.98 Å². The smallest absolute Gasteiger partial charge is 0.354 e. The molecule has 4 rings (SSSR count). The second-order valence-electron chi connectivity index (χ2n) is 5.97. The van der Waals surface area contributed by atoms with Gasteiger partial charge in [0.1, 0.15) is 5.69 Å². The van der Waals surface area contributed by atoms with Crippen molar-refractivity contribution in [3.8, 4) is 0 Å². The number of hydrogen-bond donors (Lipinski definition) is 1. The Hall–Kier alpha value is -3.40. The van der Waals surface area contributed by atoms with Crippen LogP contribution in [0.25, 0.3) is 5.57 Å². The van der Waals surface area contributed by atoms with Crippen molar-refractivity contribution in [3.63, 3.8) is 0 Å². The van der Waals surface area contributed by atoms with E-state index in [-0.39, 0.29) is 25.8 Å². The molecule has 4 nitrogen and oxygen atoms in total. The monoisotopic (exact) mass is 572 g/mol. The van der Waals surface area contributed by atoms with E-state index >= 15 is 0 Å². The third kappa shape index (κ3) is 6.89. The molecule has 0 saturated heterocycles. The molecule has 0 spiro atoms. The van der Waals surface area contributed by atoms with Crippen molar-refractivity contribution in [2.45, 2.75) is 0 Å². The molecule has 2 aromatic carbocycles. The maximum absolute atomic E-state index is 10.1. The summed E-state index contributed by atoms with van der Waals surface area (Å²) in [4.78, 5) is 18.2. The summed E-state index contributed by atoms with van der Waals surface area (Å²) in [6, 6.07) is 31.1. The van der Waals surface area contributed by atoms with Crippen LogP contribution in [0.2, 0.25) is 0 Å². The van der Waals surface area contributed by atoms with Crippen LogP contribution in [0.5, 0.6) is 0 Å². The van der Waals surface area contributed by atoms with Gasteiger partial charge >= 0.3 is 5.97 Å².